The number of ether oxygens (including phenoxy) is 1. The number of carbonyl (C=O) groups excluding carboxylic acids is 2. The van der Waals surface area contributed by atoms with Crippen LogP contribution in [0.25, 0.3) is 0 Å². The largest absolute Gasteiger partial charge is 0.383 e. The number of methoxy groups -OCH3 is 1. The summed E-state index contributed by atoms with van der Waals surface area (Å²) in [7, 11) is 1.57. The highest BCUT2D eigenvalue weighted by molar-refractivity contribution is 7.09. The van der Waals surface area contributed by atoms with Crippen LogP contribution in [0.2, 0.25) is 0 Å². The van der Waals surface area contributed by atoms with Gasteiger partial charge in [-0.25, -0.2) is 4.39 Å². The molecule has 0 radical (unpaired) electrons. The SMILES string of the molecule is COCCN(CC(=O)N(Cc1ccc(F)cc1)Cc1cccs1)C(=O)CC(C)C. The average molecular weight is 421 g/mol. The molecule has 5 nitrogen and oxygen atoms in total. The van der Waals surface area contributed by atoms with Gasteiger partial charge in [-0.15, -0.1) is 11.3 Å². The van der Waals surface area contributed by atoms with Crippen molar-refractivity contribution in [3.8, 4) is 0 Å². The second-order valence-corrected chi connectivity index (χ2v) is 8.39. The molecule has 0 aliphatic carbocycles. The molecule has 1 aromatic carbocycles. The Hall–Kier alpha value is -2.25. The summed E-state index contributed by atoms with van der Waals surface area (Å²) in [5.74, 6) is -0.293. The number of hydrogen-bond acceptors (Lipinski definition) is 4. The van der Waals surface area contributed by atoms with E-state index in [2.05, 4.69) is 0 Å². The normalized spacial score (nSPS) is 10.9. The highest BCUT2D eigenvalue weighted by atomic mass is 32.1. The Morgan fingerprint density at radius 3 is 2.38 bits per heavy atom. The Bertz CT molecular complexity index is 763. The Labute approximate surface area is 176 Å². The van der Waals surface area contributed by atoms with Crippen molar-refractivity contribution >= 4 is 23.2 Å². The lowest BCUT2D eigenvalue weighted by Gasteiger charge is -2.28. The summed E-state index contributed by atoms with van der Waals surface area (Å²) in [4.78, 5) is 30.0. The molecule has 29 heavy (non-hydrogen) atoms. The van der Waals surface area contributed by atoms with E-state index in [1.807, 2.05) is 31.4 Å². The molecule has 158 valence electrons. The molecule has 0 aliphatic heterocycles. The van der Waals surface area contributed by atoms with Crippen molar-refractivity contribution in [2.45, 2.75) is 33.4 Å². The van der Waals surface area contributed by atoms with Crippen LogP contribution < -0.4 is 0 Å². The maximum Gasteiger partial charge on any atom is 0.242 e. The van der Waals surface area contributed by atoms with Crippen LogP contribution in [0, 0.1) is 11.7 Å². The number of rotatable bonds is 11. The second kappa shape index (κ2) is 11.7. The van der Waals surface area contributed by atoms with Crippen LogP contribution >= 0.6 is 11.3 Å². The van der Waals surface area contributed by atoms with E-state index >= 15 is 0 Å². The van der Waals surface area contributed by atoms with Crippen molar-refractivity contribution in [3.05, 3.63) is 58.0 Å². The van der Waals surface area contributed by atoms with Gasteiger partial charge in [-0.2, -0.15) is 0 Å². The Morgan fingerprint density at radius 1 is 1.07 bits per heavy atom. The van der Waals surface area contributed by atoms with Crippen molar-refractivity contribution in [1.29, 1.82) is 0 Å². The lowest BCUT2D eigenvalue weighted by Crippen LogP contribution is -2.44. The molecule has 0 aliphatic rings. The van der Waals surface area contributed by atoms with Crippen LogP contribution in [0.15, 0.2) is 41.8 Å². The van der Waals surface area contributed by atoms with Gasteiger partial charge in [0.25, 0.3) is 0 Å². The minimum absolute atomic E-state index is 0.00147. The first-order valence-corrected chi connectivity index (χ1v) is 10.6. The van der Waals surface area contributed by atoms with Gasteiger partial charge in [0.2, 0.25) is 11.8 Å². The summed E-state index contributed by atoms with van der Waals surface area (Å²) in [5.41, 5.74) is 0.841. The van der Waals surface area contributed by atoms with Crippen LogP contribution in [0.3, 0.4) is 0 Å². The summed E-state index contributed by atoms with van der Waals surface area (Å²) in [5, 5.41) is 1.97. The zero-order valence-electron chi connectivity index (χ0n) is 17.3. The van der Waals surface area contributed by atoms with Crippen molar-refractivity contribution < 1.29 is 18.7 Å². The van der Waals surface area contributed by atoms with E-state index < -0.39 is 0 Å². The smallest absolute Gasteiger partial charge is 0.242 e. The summed E-state index contributed by atoms with van der Waals surface area (Å²) < 4.78 is 18.3. The fourth-order valence-electron chi connectivity index (χ4n) is 2.87. The maximum absolute atomic E-state index is 13.2. The van der Waals surface area contributed by atoms with Gasteiger partial charge >= 0.3 is 0 Å². The molecular weight excluding hydrogens is 391 g/mol. The van der Waals surface area contributed by atoms with Gasteiger partial charge in [-0.1, -0.05) is 32.0 Å². The number of halogens is 1. The minimum atomic E-state index is -0.310. The highest BCUT2D eigenvalue weighted by Gasteiger charge is 2.22. The molecule has 0 bridgehead atoms. The molecule has 0 atom stereocenters. The monoisotopic (exact) mass is 420 g/mol. The molecule has 2 rings (SSSR count). The van der Waals surface area contributed by atoms with Gasteiger partial charge in [0.15, 0.2) is 0 Å². The number of nitrogens with zero attached hydrogens (tertiary/aromatic N) is 2. The number of hydrogen-bond donors (Lipinski definition) is 0. The Balaban J connectivity index is 2.14. The molecule has 0 N–H and O–H groups in total. The third-order valence-electron chi connectivity index (χ3n) is 4.39. The number of benzene rings is 1. The highest BCUT2D eigenvalue weighted by Crippen LogP contribution is 2.16. The van der Waals surface area contributed by atoms with Gasteiger partial charge in [0, 0.05) is 31.5 Å². The first kappa shape index (κ1) is 23.0. The molecule has 0 spiro atoms. The van der Waals surface area contributed by atoms with E-state index in [-0.39, 0.29) is 30.1 Å². The molecule has 0 fully saturated rings. The van der Waals surface area contributed by atoms with Crippen molar-refractivity contribution in [3.63, 3.8) is 0 Å². The molecule has 1 aromatic heterocycles. The molecule has 1 heterocycles. The van der Waals surface area contributed by atoms with E-state index in [0.29, 0.717) is 32.7 Å². The van der Waals surface area contributed by atoms with Crippen molar-refractivity contribution in [2.24, 2.45) is 5.92 Å². The molecule has 0 saturated heterocycles. The standard InChI is InChI=1S/C22H29FN2O3S/c1-17(2)13-21(26)24(10-11-28-3)16-22(27)25(15-20-5-4-12-29-20)14-18-6-8-19(23)9-7-18/h4-9,12,17H,10-11,13-16H2,1-3H3. The fraction of sp³-hybridized carbons (Fsp3) is 0.455. The summed E-state index contributed by atoms with van der Waals surface area (Å²) >= 11 is 1.57. The third-order valence-corrected chi connectivity index (χ3v) is 5.25. The van der Waals surface area contributed by atoms with Gasteiger partial charge in [0.1, 0.15) is 5.82 Å². The molecule has 2 aromatic rings. The van der Waals surface area contributed by atoms with E-state index in [0.717, 1.165) is 10.4 Å². The van der Waals surface area contributed by atoms with Crippen LogP contribution in [0.4, 0.5) is 4.39 Å². The van der Waals surface area contributed by atoms with Crippen LogP contribution in [0.1, 0.15) is 30.7 Å². The lowest BCUT2D eigenvalue weighted by molar-refractivity contribution is -0.142. The molecule has 7 heteroatoms. The van der Waals surface area contributed by atoms with E-state index in [9.17, 15) is 14.0 Å². The first-order chi connectivity index (χ1) is 13.9. The van der Waals surface area contributed by atoms with Crippen LogP contribution in [-0.2, 0) is 27.4 Å². The Kier molecular flexibility index (Phi) is 9.28. The van der Waals surface area contributed by atoms with Crippen LogP contribution in [-0.4, -0.2) is 48.4 Å². The molecule has 0 unspecified atom stereocenters. The van der Waals surface area contributed by atoms with E-state index in [1.54, 1.807) is 40.4 Å². The number of carbonyl (C=O) groups is 2. The maximum atomic E-state index is 13.2. The van der Waals surface area contributed by atoms with E-state index in [4.69, 9.17) is 4.74 Å². The zero-order chi connectivity index (χ0) is 21.2. The quantitative estimate of drug-likeness (QED) is 0.553. The topological polar surface area (TPSA) is 49.9 Å². The zero-order valence-corrected chi connectivity index (χ0v) is 18.1. The van der Waals surface area contributed by atoms with Gasteiger partial charge in [-0.05, 0) is 35.1 Å². The van der Waals surface area contributed by atoms with Crippen molar-refractivity contribution in [1.82, 2.24) is 9.80 Å². The first-order valence-electron chi connectivity index (χ1n) is 9.70. The number of thiophene rings is 1. The third kappa shape index (κ3) is 7.95. The molecule has 0 saturated carbocycles. The van der Waals surface area contributed by atoms with Crippen molar-refractivity contribution in [2.75, 3.05) is 26.8 Å². The predicted octanol–water partition coefficient (Wildman–Crippen LogP) is 3.94. The summed E-state index contributed by atoms with van der Waals surface area (Å²) in [6.45, 7) is 5.51. The Morgan fingerprint density at radius 2 is 1.79 bits per heavy atom. The number of amides is 2. The predicted molar refractivity (Wildman–Crippen MR) is 113 cm³/mol. The molecule has 2 amide bonds. The fourth-order valence-corrected chi connectivity index (χ4v) is 3.59. The minimum Gasteiger partial charge on any atom is -0.383 e. The summed E-state index contributed by atoms with van der Waals surface area (Å²) in [6.07, 6.45) is 0.389. The van der Waals surface area contributed by atoms with Gasteiger partial charge in [0.05, 0.1) is 19.7 Å². The van der Waals surface area contributed by atoms with Gasteiger partial charge < -0.3 is 14.5 Å². The van der Waals surface area contributed by atoms with E-state index in [1.165, 1.54) is 12.1 Å². The summed E-state index contributed by atoms with van der Waals surface area (Å²) in [6, 6.07) is 10.0. The van der Waals surface area contributed by atoms with Gasteiger partial charge in [-0.3, -0.25) is 9.59 Å². The molecular formula is C22H29FN2O3S. The van der Waals surface area contributed by atoms with Crippen LogP contribution in [0.5, 0.6) is 0 Å². The lowest BCUT2D eigenvalue weighted by atomic mass is 10.1. The second-order valence-electron chi connectivity index (χ2n) is 7.36. The average Bonchev–Trinajstić information content (AvgIpc) is 3.18.